The molecule has 0 saturated carbocycles. The van der Waals surface area contributed by atoms with E-state index in [1.165, 1.54) is 41.8 Å². The molecule has 3 rings (SSSR count). The van der Waals surface area contributed by atoms with Gasteiger partial charge in [0, 0.05) is 17.9 Å². The highest BCUT2D eigenvalue weighted by molar-refractivity contribution is 5.50. The fourth-order valence-corrected chi connectivity index (χ4v) is 2.81. The van der Waals surface area contributed by atoms with Gasteiger partial charge in [0.25, 0.3) is 0 Å². The van der Waals surface area contributed by atoms with Crippen LogP contribution < -0.4 is 5.32 Å². The first-order valence-electron chi connectivity index (χ1n) is 7.10. The third-order valence-electron chi connectivity index (χ3n) is 3.87. The standard InChI is InChI=1S/C16H21N3/c1-12(2)19-11-17-9-16(19)10-18-15-7-6-13-4-3-5-14(13)8-15/h6-9,11-12,18H,3-5,10H2,1-2H3. The van der Waals surface area contributed by atoms with Gasteiger partial charge >= 0.3 is 0 Å². The highest BCUT2D eigenvalue weighted by atomic mass is 15.1. The zero-order valence-electron chi connectivity index (χ0n) is 11.7. The van der Waals surface area contributed by atoms with Crippen LogP contribution in [0.2, 0.25) is 0 Å². The van der Waals surface area contributed by atoms with Crippen molar-refractivity contribution in [3.8, 4) is 0 Å². The quantitative estimate of drug-likeness (QED) is 0.905. The minimum Gasteiger partial charge on any atom is -0.379 e. The number of hydrogen-bond acceptors (Lipinski definition) is 2. The van der Waals surface area contributed by atoms with Gasteiger partial charge in [0.05, 0.1) is 18.6 Å². The third-order valence-corrected chi connectivity index (χ3v) is 3.87. The van der Waals surface area contributed by atoms with Crippen LogP contribution >= 0.6 is 0 Å². The average molecular weight is 255 g/mol. The van der Waals surface area contributed by atoms with Crippen LogP contribution in [0.1, 0.15) is 43.1 Å². The van der Waals surface area contributed by atoms with Gasteiger partial charge in [-0.2, -0.15) is 0 Å². The molecule has 1 heterocycles. The van der Waals surface area contributed by atoms with Crippen molar-refractivity contribution in [1.29, 1.82) is 0 Å². The number of nitrogens with zero attached hydrogens (tertiary/aromatic N) is 2. The lowest BCUT2D eigenvalue weighted by atomic mass is 10.1. The molecule has 100 valence electrons. The second-order valence-corrected chi connectivity index (χ2v) is 5.58. The normalized spacial score (nSPS) is 13.8. The Hall–Kier alpha value is -1.77. The minimum absolute atomic E-state index is 0.458. The van der Waals surface area contributed by atoms with Gasteiger partial charge in [-0.05, 0) is 56.4 Å². The van der Waals surface area contributed by atoms with Crippen molar-refractivity contribution >= 4 is 5.69 Å². The molecule has 1 aliphatic carbocycles. The Morgan fingerprint density at radius 1 is 1.26 bits per heavy atom. The first kappa shape index (κ1) is 12.3. The Balaban J connectivity index is 1.70. The molecule has 0 unspecified atom stereocenters. The number of fused-ring (bicyclic) bond motifs is 1. The number of benzene rings is 1. The van der Waals surface area contributed by atoms with Crippen molar-refractivity contribution in [2.24, 2.45) is 0 Å². The van der Waals surface area contributed by atoms with Gasteiger partial charge in [-0.25, -0.2) is 4.98 Å². The van der Waals surface area contributed by atoms with E-state index < -0.39 is 0 Å². The molecule has 3 heteroatoms. The first-order valence-corrected chi connectivity index (χ1v) is 7.10. The maximum Gasteiger partial charge on any atom is 0.0951 e. The molecular formula is C16H21N3. The van der Waals surface area contributed by atoms with Gasteiger partial charge in [-0.3, -0.25) is 0 Å². The van der Waals surface area contributed by atoms with Gasteiger partial charge in [0.2, 0.25) is 0 Å². The maximum atomic E-state index is 4.24. The highest BCUT2D eigenvalue weighted by Gasteiger charge is 2.11. The van der Waals surface area contributed by atoms with Crippen LogP contribution in [-0.2, 0) is 19.4 Å². The molecule has 0 radical (unpaired) electrons. The van der Waals surface area contributed by atoms with Crippen LogP contribution in [0.3, 0.4) is 0 Å². The summed E-state index contributed by atoms with van der Waals surface area (Å²) >= 11 is 0. The van der Waals surface area contributed by atoms with Crippen molar-refractivity contribution in [2.75, 3.05) is 5.32 Å². The van der Waals surface area contributed by atoms with Crippen molar-refractivity contribution in [3.63, 3.8) is 0 Å². The van der Waals surface area contributed by atoms with Crippen molar-refractivity contribution < 1.29 is 0 Å². The van der Waals surface area contributed by atoms with Gasteiger partial charge in [-0.1, -0.05) is 6.07 Å². The van der Waals surface area contributed by atoms with E-state index >= 15 is 0 Å². The van der Waals surface area contributed by atoms with E-state index in [1.54, 1.807) is 0 Å². The summed E-state index contributed by atoms with van der Waals surface area (Å²) in [6.45, 7) is 5.19. The van der Waals surface area contributed by atoms with Gasteiger partial charge < -0.3 is 9.88 Å². The topological polar surface area (TPSA) is 29.9 Å². The molecule has 0 bridgehead atoms. The van der Waals surface area contributed by atoms with Crippen molar-refractivity contribution in [2.45, 2.75) is 45.7 Å². The predicted molar refractivity (Wildman–Crippen MR) is 78.4 cm³/mol. The lowest BCUT2D eigenvalue weighted by Gasteiger charge is -2.13. The van der Waals surface area contributed by atoms with E-state index in [2.05, 4.69) is 46.9 Å². The fraction of sp³-hybridized carbons (Fsp3) is 0.438. The summed E-state index contributed by atoms with van der Waals surface area (Å²) in [5, 5.41) is 3.51. The second kappa shape index (κ2) is 5.08. The second-order valence-electron chi connectivity index (χ2n) is 5.58. The van der Waals surface area contributed by atoms with Crippen LogP contribution in [0.4, 0.5) is 5.69 Å². The van der Waals surface area contributed by atoms with Gasteiger partial charge in [-0.15, -0.1) is 0 Å². The predicted octanol–water partition coefficient (Wildman–Crippen LogP) is 3.56. The molecule has 0 amide bonds. The number of imidazole rings is 1. The molecule has 3 nitrogen and oxygen atoms in total. The molecule has 0 spiro atoms. The number of aryl methyl sites for hydroxylation is 2. The third kappa shape index (κ3) is 2.50. The molecule has 0 aliphatic heterocycles. The van der Waals surface area contributed by atoms with E-state index in [9.17, 15) is 0 Å². The Morgan fingerprint density at radius 2 is 2.11 bits per heavy atom. The Morgan fingerprint density at radius 3 is 2.95 bits per heavy atom. The van der Waals surface area contributed by atoms with Crippen molar-refractivity contribution in [1.82, 2.24) is 9.55 Å². The number of nitrogens with one attached hydrogen (secondary N) is 1. The monoisotopic (exact) mass is 255 g/mol. The van der Waals surface area contributed by atoms with Crippen LogP contribution in [0.15, 0.2) is 30.7 Å². The Labute approximate surface area is 114 Å². The van der Waals surface area contributed by atoms with E-state index in [1.807, 2.05) is 12.5 Å². The molecule has 2 aromatic rings. The highest BCUT2D eigenvalue weighted by Crippen LogP contribution is 2.25. The summed E-state index contributed by atoms with van der Waals surface area (Å²) in [5.74, 6) is 0. The molecule has 1 N–H and O–H groups in total. The number of anilines is 1. The average Bonchev–Trinajstić information content (AvgIpc) is 3.04. The molecular weight excluding hydrogens is 234 g/mol. The fourth-order valence-electron chi connectivity index (χ4n) is 2.81. The van der Waals surface area contributed by atoms with E-state index in [-0.39, 0.29) is 0 Å². The van der Waals surface area contributed by atoms with Crippen LogP contribution in [0, 0.1) is 0 Å². The van der Waals surface area contributed by atoms with Crippen LogP contribution in [0.25, 0.3) is 0 Å². The molecule has 1 aliphatic rings. The van der Waals surface area contributed by atoms with Crippen molar-refractivity contribution in [3.05, 3.63) is 47.5 Å². The Bertz CT molecular complexity index is 569. The Kier molecular flexibility index (Phi) is 3.28. The summed E-state index contributed by atoms with van der Waals surface area (Å²) in [6.07, 6.45) is 7.63. The first-order chi connectivity index (χ1) is 9.24. The number of rotatable bonds is 4. The molecule has 0 fully saturated rings. The largest absolute Gasteiger partial charge is 0.379 e. The number of aromatic nitrogens is 2. The molecule has 0 saturated heterocycles. The SMILES string of the molecule is CC(C)n1cncc1CNc1ccc2c(c1)CCC2. The summed E-state index contributed by atoms with van der Waals surface area (Å²) < 4.78 is 2.21. The lowest BCUT2D eigenvalue weighted by molar-refractivity contribution is 0.577. The van der Waals surface area contributed by atoms with Crippen LogP contribution in [0.5, 0.6) is 0 Å². The van der Waals surface area contributed by atoms with Crippen LogP contribution in [-0.4, -0.2) is 9.55 Å². The number of hydrogen-bond donors (Lipinski definition) is 1. The molecule has 1 aromatic heterocycles. The smallest absolute Gasteiger partial charge is 0.0951 e. The summed E-state index contributed by atoms with van der Waals surface area (Å²) in [5.41, 5.74) is 5.49. The van der Waals surface area contributed by atoms with E-state index in [4.69, 9.17) is 0 Å². The summed E-state index contributed by atoms with van der Waals surface area (Å²) in [7, 11) is 0. The summed E-state index contributed by atoms with van der Waals surface area (Å²) in [4.78, 5) is 4.24. The minimum atomic E-state index is 0.458. The maximum absolute atomic E-state index is 4.24. The molecule has 1 aromatic carbocycles. The van der Waals surface area contributed by atoms with E-state index in [0.29, 0.717) is 6.04 Å². The summed E-state index contributed by atoms with van der Waals surface area (Å²) in [6, 6.07) is 7.22. The molecule has 19 heavy (non-hydrogen) atoms. The van der Waals surface area contributed by atoms with Gasteiger partial charge in [0.15, 0.2) is 0 Å². The van der Waals surface area contributed by atoms with E-state index in [0.717, 1.165) is 6.54 Å². The zero-order valence-corrected chi connectivity index (χ0v) is 11.7. The lowest BCUT2D eigenvalue weighted by Crippen LogP contribution is -2.08. The zero-order chi connectivity index (χ0) is 13.2. The molecule has 0 atom stereocenters. The van der Waals surface area contributed by atoms with Gasteiger partial charge in [0.1, 0.15) is 0 Å².